The van der Waals surface area contributed by atoms with E-state index < -0.39 is 0 Å². The predicted molar refractivity (Wildman–Crippen MR) is 60.7 cm³/mol. The van der Waals surface area contributed by atoms with E-state index in [-0.39, 0.29) is 12.6 Å². The van der Waals surface area contributed by atoms with Crippen molar-refractivity contribution in [2.24, 2.45) is 0 Å². The van der Waals surface area contributed by atoms with Gasteiger partial charge in [0.25, 0.3) is 0 Å². The number of ether oxygens (including phenoxy) is 3. The molecule has 0 amide bonds. The van der Waals surface area contributed by atoms with E-state index in [1.54, 1.807) is 0 Å². The van der Waals surface area contributed by atoms with Gasteiger partial charge in [-0.3, -0.25) is 4.74 Å². The molecule has 0 saturated carbocycles. The van der Waals surface area contributed by atoms with Gasteiger partial charge in [0.2, 0.25) is 12.6 Å². The first-order chi connectivity index (χ1) is 8.42. The van der Waals surface area contributed by atoms with Crippen LogP contribution in [-0.2, 0) is 4.74 Å². The Morgan fingerprint density at radius 1 is 0.647 bits per heavy atom. The molecular weight excluding hydrogens is 216 g/mol. The number of hydrogen-bond donors (Lipinski definition) is 0. The SMILES string of the molecule is c1ccc2c(c1)O[C@@H]1O[C@H]2Oc2ccccc21. The average molecular weight is 226 g/mol. The van der Waals surface area contributed by atoms with Crippen LogP contribution in [0.25, 0.3) is 0 Å². The Balaban J connectivity index is 1.86. The molecule has 0 fully saturated rings. The molecule has 0 saturated heterocycles. The molecule has 3 nitrogen and oxygen atoms in total. The molecule has 2 heterocycles. The van der Waals surface area contributed by atoms with Gasteiger partial charge in [0, 0.05) is 0 Å². The van der Waals surface area contributed by atoms with E-state index >= 15 is 0 Å². The first-order valence-electron chi connectivity index (χ1n) is 5.58. The van der Waals surface area contributed by atoms with Gasteiger partial charge in [-0.2, -0.15) is 0 Å². The molecule has 0 unspecified atom stereocenters. The van der Waals surface area contributed by atoms with Crippen LogP contribution in [-0.4, -0.2) is 0 Å². The fourth-order valence-electron chi connectivity index (χ4n) is 2.24. The quantitative estimate of drug-likeness (QED) is 0.690. The van der Waals surface area contributed by atoms with E-state index in [4.69, 9.17) is 14.2 Å². The van der Waals surface area contributed by atoms with Crippen molar-refractivity contribution in [3.8, 4) is 11.5 Å². The third-order valence-corrected chi connectivity index (χ3v) is 3.06. The number of benzene rings is 2. The fourth-order valence-corrected chi connectivity index (χ4v) is 2.24. The van der Waals surface area contributed by atoms with E-state index in [9.17, 15) is 0 Å². The van der Waals surface area contributed by atoms with Crippen LogP contribution in [0.1, 0.15) is 23.7 Å². The molecular formula is C14H10O3. The lowest BCUT2D eigenvalue weighted by Gasteiger charge is -2.37. The standard InChI is InChI=1S/C14H10O3/c1-3-7-11-9(5-1)13-16-12-8-4-2-6-10(12)14(15-11)17-13/h1-8,13-14H/t13-,14-/m1/s1. The van der Waals surface area contributed by atoms with Crippen LogP contribution in [0, 0.1) is 0 Å². The highest BCUT2D eigenvalue weighted by Crippen LogP contribution is 2.46. The van der Waals surface area contributed by atoms with E-state index in [1.165, 1.54) is 0 Å². The molecule has 0 aliphatic carbocycles. The summed E-state index contributed by atoms with van der Waals surface area (Å²) in [5, 5.41) is 0. The minimum absolute atomic E-state index is 0.361. The van der Waals surface area contributed by atoms with Gasteiger partial charge in [0.05, 0.1) is 11.1 Å². The Morgan fingerprint density at radius 3 is 1.65 bits per heavy atom. The Labute approximate surface area is 98.5 Å². The van der Waals surface area contributed by atoms with E-state index in [2.05, 4.69) is 0 Å². The van der Waals surface area contributed by atoms with Gasteiger partial charge >= 0.3 is 0 Å². The molecule has 2 bridgehead atoms. The summed E-state index contributed by atoms with van der Waals surface area (Å²) in [5.41, 5.74) is 1.89. The second kappa shape index (κ2) is 3.25. The van der Waals surface area contributed by atoms with Gasteiger partial charge in [-0.1, -0.05) is 24.3 Å². The van der Waals surface area contributed by atoms with Gasteiger partial charge in [-0.25, -0.2) is 0 Å². The number of rotatable bonds is 0. The first kappa shape index (κ1) is 9.07. The smallest absolute Gasteiger partial charge is 0.233 e. The van der Waals surface area contributed by atoms with Crippen LogP contribution < -0.4 is 9.47 Å². The molecule has 0 aromatic heterocycles. The Morgan fingerprint density at radius 2 is 1.12 bits per heavy atom. The molecule has 0 spiro atoms. The average Bonchev–Trinajstić information content (AvgIpc) is 2.39. The van der Waals surface area contributed by atoms with Crippen molar-refractivity contribution in [1.29, 1.82) is 0 Å². The van der Waals surface area contributed by atoms with Crippen LogP contribution in [0.2, 0.25) is 0 Å². The Hall–Kier alpha value is -2.00. The molecule has 2 aromatic rings. The van der Waals surface area contributed by atoms with Crippen molar-refractivity contribution < 1.29 is 14.2 Å². The third kappa shape index (κ3) is 1.26. The van der Waals surface area contributed by atoms with Crippen LogP contribution in [0.3, 0.4) is 0 Å². The van der Waals surface area contributed by atoms with Gasteiger partial charge in [-0.05, 0) is 24.3 Å². The number of fused-ring (bicyclic) bond motifs is 6. The second-order valence-electron chi connectivity index (χ2n) is 4.11. The van der Waals surface area contributed by atoms with Crippen LogP contribution >= 0.6 is 0 Å². The molecule has 4 rings (SSSR count). The molecule has 2 aromatic carbocycles. The van der Waals surface area contributed by atoms with Crippen LogP contribution in [0.15, 0.2) is 48.5 Å². The lowest BCUT2D eigenvalue weighted by Crippen LogP contribution is -2.29. The zero-order chi connectivity index (χ0) is 11.2. The normalized spacial score (nSPS) is 24.0. The highest BCUT2D eigenvalue weighted by molar-refractivity contribution is 5.42. The summed E-state index contributed by atoms with van der Waals surface area (Å²) in [6.07, 6.45) is -0.723. The summed E-state index contributed by atoms with van der Waals surface area (Å²) in [7, 11) is 0. The van der Waals surface area contributed by atoms with Gasteiger partial charge in [0.1, 0.15) is 11.5 Å². The summed E-state index contributed by atoms with van der Waals surface area (Å²) in [6.45, 7) is 0. The largest absolute Gasteiger partial charge is 0.460 e. The maximum Gasteiger partial charge on any atom is 0.233 e. The zero-order valence-electron chi connectivity index (χ0n) is 9.00. The molecule has 2 aliphatic rings. The topological polar surface area (TPSA) is 27.7 Å². The highest BCUT2D eigenvalue weighted by Gasteiger charge is 2.37. The fraction of sp³-hybridized carbons (Fsp3) is 0.143. The summed E-state index contributed by atoms with van der Waals surface area (Å²) in [6, 6.07) is 15.6. The van der Waals surface area contributed by atoms with Crippen molar-refractivity contribution in [3.05, 3.63) is 59.7 Å². The Bertz CT molecular complexity index is 528. The molecule has 0 N–H and O–H groups in total. The molecule has 2 aliphatic heterocycles. The predicted octanol–water partition coefficient (Wildman–Crippen LogP) is 3.19. The van der Waals surface area contributed by atoms with Gasteiger partial charge < -0.3 is 9.47 Å². The monoisotopic (exact) mass is 226 g/mol. The molecule has 2 atom stereocenters. The minimum Gasteiger partial charge on any atom is -0.460 e. The zero-order valence-corrected chi connectivity index (χ0v) is 9.00. The van der Waals surface area contributed by atoms with Gasteiger partial charge in [0.15, 0.2) is 0 Å². The number of hydrogen-bond acceptors (Lipinski definition) is 3. The second-order valence-corrected chi connectivity index (χ2v) is 4.11. The van der Waals surface area contributed by atoms with Crippen molar-refractivity contribution in [1.82, 2.24) is 0 Å². The number of para-hydroxylation sites is 2. The Kier molecular flexibility index (Phi) is 1.73. The summed E-state index contributed by atoms with van der Waals surface area (Å²) < 4.78 is 17.4. The molecule has 17 heavy (non-hydrogen) atoms. The van der Waals surface area contributed by atoms with Crippen molar-refractivity contribution in [2.45, 2.75) is 12.6 Å². The third-order valence-electron chi connectivity index (χ3n) is 3.06. The molecule has 0 radical (unpaired) electrons. The molecule has 3 heteroatoms. The van der Waals surface area contributed by atoms with Crippen molar-refractivity contribution >= 4 is 0 Å². The van der Waals surface area contributed by atoms with E-state index in [0.717, 1.165) is 22.6 Å². The lowest BCUT2D eigenvalue weighted by atomic mass is 10.1. The van der Waals surface area contributed by atoms with Gasteiger partial charge in [-0.15, -0.1) is 0 Å². The van der Waals surface area contributed by atoms with E-state index in [0.29, 0.717) is 0 Å². The maximum atomic E-state index is 5.83. The van der Waals surface area contributed by atoms with E-state index in [1.807, 2.05) is 48.5 Å². The van der Waals surface area contributed by atoms with Crippen molar-refractivity contribution in [2.75, 3.05) is 0 Å². The minimum atomic E-state index is -0.361. The summed E-state index contributed by atoms with van der Waals surface area (Å²) in [5.74, 6) is 1.67. The van der Waals surface area contributed by atoms with Crippen LogP contribution in [0.4, 0.5) is 0 Å². The summed E-state index contributed by atoms with van der Waals surface area (Å²) in [4.78, 5) is 0. The summed E-state index contributed by atoms with van der Waals surface area (Å²) >= 11 is 0. The first-order valence-corrected chi connectivity index (χ1v) is 5.58. The van der Waals surface area contributed by atoms with Crippen molar-refractivity contribution in [3.63, 3.8) is 0 Å². The maximum absolute atomic E-state index is 5.83. The molecule has 84 valence electrons. The lowest BCUT2D eigenvalue weighted by molar-refractivity contribution is -0.227. The van der Waals surface area contributed by atoms with Crippen LogP contribution in [0.5, 0.6) is 11.5 Å². The highest BCUT2D eigenvalue weighted by atomic mass is 16.8.